The van der Waals surface area contributed by atoms with Gasteiger partial charge in [0.15, 0.2) is 5.76 Å². The average Bonchev–Trinajstić information content (AvgIpc) is 2.91. The predicted octanol–water partition coefficient (Wildman–Crippen LogP) is 3.56. The summed E-state index contributed by atoms with van der Waals surface area (Å²) in [5.41, 5.74) is 1.84. The maximum Gasteiger partial charge on any atom is 0.287 e. The lowest BCUT2D eigenvalue weighted by Crippen LogP contribution is -2.25. The second-order valence-electron chi connectivity index (χ2n) is 4.65. The summed E-state index contributed by atoms with van der Waals surface area (Å²) in [7, 11) is 0. The zero-order chi connectivity index (χ0) is 14.7. The van der Waals surface area contributed by atoms with Crippen LogP contribution in [0.5, 0.6) is 0 Å². The molecule has 0 saturated heterocycles. The average molecular weight is 345 g/mol. The molecule has 0 aliphatic heterocycles. The van der Waals surface area contributed by atoms with E-state index in [2.05, 4.69) is 26.2 Å². The molecule has 3 aromatic rings. The summed E-state index contributed by atoms with van der Waals surface area (Å²) in [6.45, 7) is 0.559. The molecule has 1 aromatic carbocycles. The van der Waals surface area contributed by atoms with E-state index in [4.69, 9.17) is 4.42 Å². The van der Waals surface area contributed by atoms with Crippen molar-refractivity contribution < 1.29 is 9.21 Å². The molecule has 0 saturated carbocycles. The Bertz CT molecular complexity index is 768. The van der Waals surface area contributed by atoms with E-state index in [9.17, 15) is 4.79 Å². The van der Waals surface area contributed by atoms with E-state index >= 15 is 0 Å². The third-order valence-electron chi connectivity index (χ3n) is 3.15. The third kappa shape index (κ3) is 3.31. The number of pyridine rings is 1. The molecule has 0 fully saturated rings. The molecule has 4 nitrogen and oxygen atoms in total. The van der Waals surface area contributed by atoms with Crippen molar-refractivity contribution in [1.82, 2.24) is 10.3 Å². The highest BCUT2D eigenvalue weighted by Crippen LogP contribution is 2.23. The normalized spacial score (nSPS) is 10.7. The Morgan fingerprint density at radius 2 is 2.00 bits per heavy atom. The number of carbonyl (C=O) groups is 1. The number of nitrogens with zero attached hydrogens (tertiary/aromatic N) is 1. The summed E-state index contributed by atoms with van der Waals surface area (Å²) in [6.07, 6.45) is 4.25. The maximum atomic E-state index is 12.1. The van der Waals surface area contributed by atoms with E-state index in [0.717, 1.165) is 21.8 Å². The molecule has 0 spiro atoms. The summed E-state index contributed by atoms with van der Waals surface area (Å²) in [6, 6.07) is 11.3. The minimum absolute atomic E-state index is 0.198. The number of nitrogens with one attached hydrogen (secondary N) is 1. The standard InChI is InChI=1S/C16H13BrN2O2/c17-13-2-1-12-9-15(21-14(12)10-13)16(20)19-8-5-11-3-6-18-7-4-11/h1-4,6-7,9-10H,5,8H2,(H,19,20). The Labute approximate surface area is 130 Å². The van der Waals surface area contributed by atoms with Crippen molar-refractivity contribution in [2.45, 2.75) is 6.42 Å². The van der Waals surface area contributed by atoms with Gasteiger partial charge in [0, 0.05) is 28.8 Å². The number of aromatic nitrogens is 1. The van der Waals surface area contributed by atoms with Gasteiger partial charge in [-0.1, -0.05) is 15.9 Å². The van der Waals surface area contributed by atoms with Crippen molar-refractivity contribution in [2.24, 2.45) is 0 Å². The number of benzene rings is 1. The topological polar surface area (TPSA) is 55.1 Å². The van der Waals surface area contributed by atoms with Gasteiger partial charge in [0.25, 0.3) is 5.91 Å². The number of furan rings is 1. The molecule has 2 heterocycles. The van der Waals surface area contributed by atoms with E-state index in [-0.39, 0.29) is 5.91 Å². The van der Waals surface area contributed by atoms with Crippen molar-refractivity contribution >= 4 is 32.8 Å². The van der Waals surface area contributed by atoms with Crippen LogP contribution in [-0.4, -0.2) is 17.4 Å². The number of hydrogen-bond donors (Lipinski definition) is 1. The first-order valence-electron chi connectivity index (χ1n) is 6.58. The van der Waals surface area contributed by atoms with Crippen LogP contribution in [0, 0.1) is 0 Å². The molecule has 0 bridgehead atoms. The molecule has 0 radical (unpaired) electrons. The van der Waals surface area contributed by atoms with E-state index < -0.39 is 0 Å². The number of hydrogen-bond acceptors (Lipinski definition) is 3. The fourth-order valence-corrected chi connectivity index (χ4v) is 2.41. The minimum atomic E-state index is -0.198. The van der Waals surface area contributed by atoms with Gasteiger partial charge in [-0.2, -0.15) is 0 Å². The molecular weight excluding hydrogens is 332 g/mol. The van der Waals surface area contributed by atoms with Crippen LogP contribution < -0.4 is 5.32 Å². The number of carbonyl (C=O) groups excluding carboxylic acids is 1. The maximum absolute atomic E-state index is 12.1. The highest BCUT2D eigenvalue weighted by atomic mass is 79.9. The zero-order valence-electron chi connectivity index (χ0n) is 11.2. The predicted molar refractivity (Wildman–Crippen MR) is 84.2 cm³/mol. The molecule has 0 aliphatic rings. The monoisotopic (exact) mass is 344 g/mol. The minimum Gasteiger partial charge on any atom is -0.451 e. The quantitative estimate of drug-likeness (QED) is 0.787. The van der Waals surface area contributed by atoms with Gasteiger partial charge in [-0.05, 0) is 48.4 Å². The fraction of sp³-hybridized carbons (Fsp3) is 0.125. The molecule has 0 atom stereocenters. The van der Waals surface area contributed by atoms with Crippen LogP contribution >= 0.6 is 15.9 Å². The summed E-state index contributed by atoms with van der Waals surface area (Å²) in [5.74, 6) is 0.134. The summed E-state index contributed by atoms with van der Waals surface area (Å²) in [5, 5.41) is 3.77. The van der Waals surface area contributed by atoms with E-state index in [1.54, 1.807) is 18.5 Å². The van der Waals surface area contributed by atoms with Crippen LogP contribution in [0.2, 0.25) is 0 Å². The van der Waals surface area contributed by atoms with E-state index in [0.29, 0.717) is 17.9 Å². The van der Waals surface area contributed by atoms with Gasteiger partial charge in [0.1, 0.15) is 5.58 Å². The zero-order valence-corrected chi connectivity index (χ0v) is 12.8. The second-order valence-corrected chi connectivity index (χ2v) is 5.57. The van der Waals surface area contributed by atoms with Crippen LogP contribution in [0.25, 0.3) is 11.0 Å². The van der Waals surface area contributed by atoms with Crippen LogP contribution in [-0.2, 0) is 6.42 Å². The van der Waals surface area contributed by atoms with Crippen LogP contribution in [0.15, 0.2) is 57.7 Å². The fourth-order valence-electron chi connectivity index (χ4n) is 2.07. The van der Waals surface area contributed by atoms with Crippen molar-refractivity contribution in [1.29, 1.82) is 0 Å². The number of halogens is 1. The Hall–Kier alpha value is -2.14. The van der Waals surface area contributed by atoms with Crippen molar-refractivity contribution in [3.05, 3.63) is 64.6 Å². The molecule has 2 aromatic heterocycles. The van der Waals surface area contributed by atoms with E-state index in [1.807, 2.05) is 30.3 Å². The summed E-state index contributed by atoms with van der Waals surface area (Å²) < 4.78 is 6.49. The molecule has 5 heteroatoms. The second kappa shape index (κ2) is 6.10. The molecule has 106 valence electrons. The Balaban J connectivity index is 1.64. The van der Waals surface area contributed by atoms with Crippen molar-refractivity contribution in [3.8, 4) is 0 Å². The van der Waals surface area contributed by atoms with Crippen LogP contribution in [0.3, 0.4) is 0 Å². The largest absolute Gasteiger partial charge is 0.451 e. The Morgan fingerprint density at radius 3 is 2.81 bits per heavy atom. The lowest BCUT2D eigenvalue weighted by atomic mass is 10.2. The SMILES string of the molecule is O=C(NCCc1ccncc1)c1cc2ccc(Br)cc2o1. The van der Waals surface area contributed by atoms with Gasteiger partial charge in [0.2, 0.25) is 0 Å². The summed E-state index contributed by atoms with van der Waals surface area (Å²) in [4.78, 5) is 16.0. The Morgan fingerprint density at radius 1 is 1.19 bits per heavy atom. The van der Waals surface area contributed by atoms with Crippen molar-refractivity contribution in [3.63, 3.8) is 0 Å². The highest BCUT2D eigenvalue weighted by Gasteiger charge is 2.11. The first-order valence-corrected chi connectivity index (χ1v) is 7.38. The van der Waals surface area contributed by atoms with Gasteiger partial charge in [-0.3, -0.25) is 9.78 Å². The third-order valence-corrected chi connectivity index (χ3v) is 3.65. The van der Waals surface area contributed by atoms with Gasteiger partial charge in [-0.25, -0.2) is 0 Å². The summed E-state index contributed by atoms with van der Waals surface area (Å²) >= 11 is 3.38. The van der Waals surface area contributed by atoms with Crippen LogP contribution in [0.4, 0.5) is 0 Å². The Kier molecular flexibility index (Phi) is 4.01. The van der Waals surface area contributed by atoms with Gasteiger partial charge >= 0.3 is 0 Å². The molecule has 21 heavy (non-hydrogen) atoms. The van der Waals surface area contributed by atoms with Gasteiger partial charge in [0.05, 0.1) is 0 Å². The first-order chi connectivity index (χ1) is 10.2. The molecule has 1 N–H and O–H groups in total. The molecule has 3 rings (SSSR count). The smallest absolute Gasteiger partial charge is 0.287 e. The number of fused-ring (bicyclic) bond motifs is 1. The number of rotatable bonds is 4. The lowest BCUT2D eigenvalue weighted by molar-refractivity contribution is 0.0928. The van der Waals surface area contributed by atoms with Gasteiger partial charge < -0.3 is 9.73 Å². The highest BCUT2D eigenvalue weighted by molar-refractivity contribution is 9.10. The molecule has 0 aliphatic carbocycles. The molecular formula is C16H13BrN2O2. The van der Waals surface area contributed by atoms with Crippen molar-refractivity contribution in [2.75, 3.05) is 6.54 Å². The van der Waals surface area contributed by atoms with Crippen LogP contribution in [0.1, 0.15) is 16.1 Å². The van der Waals surface area contributed by atoms with E-state index in [1.165, 1.54) is 0 Å². The first kappa shape index (κ1) is 13.8. The lowest BCUT2D eigenvalue weighted by Gasteiger charge is -2.02. The molecule has 1 amide bonds. The van der Waals surface area contributed by atoms with Gasteiger partial charge in [-0.15, -0.1) is 0 Å². The molecule has 0 unspecified atom stereocenters. The number of amides is 1.